The van der Waals surface area contributed by atoms with E-state index in [1.807, 2.05) is 0 Å². The fraction of sp³-hybridized carbons (Fsp3) is 0.269. The highest BCUT2D eigenvalue weighted by Gasteiger charge is 2.62. The Bertz CT molecular complexity index is 1500. The molecular formula is C26H19ClF7N3O3. The van der Waals surface area contributed by atoms with Crippen LogP contribution in [0.2, 0.25) is 5.02 Å². The van der Waals surface area contributed by atoms with Gasteiger partial charge in [-0.25, -0.2) is 4.39 Å². The Balaban J connectivity index is 1.63. The van der Waals surface area contributed by atoms with Crippen LogP contribution in [-0.2, 0) is 15.2 Å². The summed E-state index contributed by atoms with van der Waals surface area (Å²) in [5.74, 6) is -2.72. The summed E-state index contributed by atoms with van der Waals surface area (Å²) in [4.78, 5) is 29.4. The van der Waals surface area contributed by atoms with Crippen LogP contribution in [0, 0.1) is 12.7 Å². The standard InChI is InChI=1S/C26H19ClF7N3O3/c1-13-8-14(9-19(27)22(13)28)24(26(32,33)34)10-20(37-40-24)17-6-7-18(16-5-3-2-4-15(16)17)23(39)35-11-21(38)36-12-25(29,30)31/h2-9H,10-12H2,1H3,(H,35,39)(H,36,38). The average Bonchev–Trinajstić information content (AvgIpc) is 3.35. The number of halogens is 8. The number of alkyl halides is 6. The van der Waals surface area contributed by atoms with Gasteiger partial charge in [0.1, 0.15) is 12.4 Å². The molecule has 1 aliphatic rings. The number of hydrogen-bond acceptors (Lipinski definition) is 4. The molecule has 1 atom stereocenters. The van der Waals surface area contributed by atoms with Gasteiger partial charge in [-0.1, -0.05) is 47.1 Å². The first-order valence-corrected chi connectivity index (χ1v) is 11.9. The van der Waals surface area contributed by atoms with E-state index in [1.54, 1.807) is 17.4 Å². The average molecular weight is 590 g/mol. The number of oxime groups is 1. The molecule has 0 saturated heterocycles. The van der Waals surface area contributed by atoms with Gasteiger partial charge in [-0.15, -0.1) is 0 Å². The van der Waals surface area contributed by atoms with Crippen LogP contribution < -0.4 is 10.6 Å². The van der Waals surface area contributed by atoms with E-state index in [0.29, 0.717) is 5.39 Å². The van der Waals surface area contributed by atoms with Crippen molar-refractivity contribution in [2.75, 3.05) is 13.1 Å². The summed E-state index contributed by atoms with van der Waals surface area (Å²) in [6.07, 6.45) is -10.4. The lowest BCUT2D eigenvalue weighted by atomic mass is 9.84. The largest absolute Gasteiger partial charge is 0.435 e. The third-order valence-electron chi connectivity index (χ3n) is 6.24. The summed E-state index contributed by atoms with van der Waals surface area (Å²) in [5, 5.41) is 7.66. The van der Waals surface area contributed by atoms with Gasteiger partial charge in [-0.05, 0) is 41.5 Å². The second-order valence-corrected chi connectivity index (χ2v) is 9.41. The van der Waals surface area contributed by atoms with Crippen LogP contribution in [0.4, 0.5) is 30.7 Å². The number of nitrogens with one attached hydrogen (secondary N) is 2. The molecule has 0 spiro atoms. The Morgan fingerprint density at radius 1 is 1.02 bits per heavy atom. The lowest BCUT2D eigenvalue weighted by molar-refractivity contribution is -0.275. The van der Waals surface area contributed by atoms with Crippen molar-refractivity contribution in [2.24, 2.45) is 5.16 Å². The minimum atomic E-state index is -4.98. The number of fused-ring (bicyclic) bond motifs is 1. The van der Waals surface area contributed by atoms with Crippen LogP contribution in [-0.4, -0.2) is 43.0 Å². The summed E-state index contributed by atoms with van der Waals surface area (Å²) < 4.78 is 94.1. The van der Waals surface area contributed by atoms with Crippen molar-refractivity contribution >= 4 is 39.9 Å². The van der Waals surface area contributed by atoms with Gasteiger partial charge < -0.3 is 15.5 Å². The quantitative estimate of drug-likeness (QED) is 0.350. The predicted molar refractivity (Wildman–Crippen MR) is 131 cm³/mol. The molecule has 2 amide bonds. The number of hydrogen-bond donors (Lipinski definition) is 2. The molecule has 6 nitrogen and oxygen atoms in total. The number of carbonyl (C=O) groups is 2. The van der Waals surface area contributed by atoms with Crippen molar-refractivity contribution in [1.82, 2.24) is 10.6 Å². The normalized spacial score (nSPS) is 17.4. The van der Waals surface area contributed by atoms with E-state index in [1.165, 1.54) is 31.2 Å². The van der Waals surface area contributed by atoms with Crippen molar-refractivity contribution in [3.63, 3.8) is 0 Å². The molecule has 40 heavy (non-hydrogen) atoms. The molecule has 0 aromatic heterocycles. The number of nitrogens with zero attached hydrogens (tertiary/aromatic N) is 1. The van der Waals surface area contributed by atoms with Gasteiger partial charge in [0.15, 0.2) is 0 Å². The van der Waals surface area contributed by atoms with E-state index in [-0.39, 0.29) is 27.8 Å². The van der Waals surface area contributed by atoms with Crippen LogP contribution in [0.1, 0.15) is 33.5 Å². The van der Waals surface area contributed by atoms with Crippen LogP contribution in [0.15, 0.2) is 53.7 Å². The number of rotatable bonds is 6. The Hall–Kier alpha value is -3.87. The van der Waals surface area contributed by atoms with Gasteiger partial charge in [-0.3, -0.25) is 9.59 Å². The fourth-order valence-corrected chi connectivity index (χ4v) is 4.54. The van der Waals surface area contributed by atoms with Crippen LogP contribution in [0.25, 0.3) is 10.8 Å². The van der Waals surface area contributed by atoms with E-state index < -0.39 is 65.7 Å². The highest BCUT2D eigenvalue weighted by Crippen LogP contribution is 2.50. The minimum Gasteiger partial charge on any atom is -0.374 e. The fourth-order valence-electron chi connectivity index (χ4n) is 4.27. The molecule has 2 N–H and O–H groups in total. The highest BCUT2D eigenvalue weighted by molar-refractivity contribution is 6.30. The third kappa shape index (κ3) is 5.69. The topological polar surface area (TPSA) is 79.8 Å². The van der Waals surface area contributed by atoms with Crippen LogP contribution in [0.5, 0.6) is 0 Å². The van der Waals surface area contributed by atoms with Crippen molar-refractivity contribution < 1.29 is 45.2 Å². The first-order chi connectivity index (χ1) is 18.6. The van der Waals surface area contributed by atoms with Gasteiger partial charge in [0.05, 0.1) is 17.3 Å². The van der Waals surface area contributed by atoms with Crippen LogP contribution in [0.3, 0.4) is 0 Å². The van der Waals surface area contributed by atoms with Crippen LogP contribution >= 0.6 is 11.6 Å². The second-order valence-electron chi connectivity index (χ2n) is 9.00. The molecule has 1 unspecified atom stereocenters. The maximum atomic E-state index is 14.4. The predicted octanol–water partition coefficient (Wildman–Crippen LogP) is 5.93. The summed E-state index contributed by atoms with van der Waals surface area (Å²) in [7, 11) is 0. The molecular weight excluding hydrogens is 571 g/mol. The molecule has 3 aromatic rings. The summed E-state index contributed by atoms with van der Waals surface area (Å²) >= 11 is 5.82. The second kappa shape index (κ2) is 10.6. The summed E-state index contributed by atoms with van der Waals surface area (Å²) in [6.45, 7) is -1.03. The minimum absolute atomic E-state index is 0.0190. The molecule has 0 fully saturated rings. The Morgan fingerprint density at radius 3 is 2.33 bits per heavy atom. The van der Waals surface area contributed by atoms with Crippen molar-refractivity contribution in [3.05, 3.63) is 81.6 Å². The molecule has 1 heterocycles. The number of carbonyl (C=O) groups excluding carboxylic acids is 2. The molecule has 14 heteroatoms. The maximum absolute atomic E-state index is 14.4. The molecule has 1 aliphatic heterocycles. The molecule has 4 rings (SSSR count). The van der Waals surface area contributed by atoms with E-state index in [4.69, 9.17) is 16.4 Å². The van der Waals surface area contributed by atoms with Gasteiger partial charge in [0.2, 0.25) is 5.91 Å². The number of aryl methyl sites for hydroxylation is 1. The smallest absolute Gasteiger partial charge is 0.374 e. The molecule has 0 saturated carbocycles. The molecule has 0 radical (unpaired) electrons. The lowest BCUT2D eigenvalue weighted by Crippen LogP contribution is -2.42. The van der Waals surface area contributed by atoms with Gasteiger partial charge >= 0.3 is 12.4 Å². The maximum Gasteiger partial charge on any atom is 0.435 e. The SMILES string of the molecule is Cc1cc(C2(C(F)(F)F)CC(c3ccc(C(=O)NCC(=O)NCC(F)(F)F)c4ccccc34)=NO2)cc(Cl)c1F. The van der Waals surface area contributed by atoms with E-state index in [0.717, 1.165) is 12.1 Å². The molecule has 212 valence electrons. The van der Waals surface area contributed by atoms with Crippen molar-refractivity contribution in [3.8, 4) is 0 Å². The first kappa shape index (κ1) is 29.1. The zero-order valence-corrected chi connectivity index (χ0v) is 21.2. The Kier molecular flexibility index (Phi) is 7.72. The van der Waals surface area contributed by atoms with Crippen molar-refractivity contribution in [2.45, 2.75) is 31.3 Å². The zero-order chi connectivity index (χ0) is 29.5. The molecule has 3 aromatic carbocycles. The first-order valence-electron chi connectivity index (χ1n) is 11.5. The van der Waals surface area contributed by atoms with E-state index in [2.05, 4.69) is 10.5 Å². The van der Waals surface area contributed by atoms with Gasteiger partial charge in [-0.2, -0.15) is 26.3 Å². The highest BCUT2D eigenvalue weighted by atomic mass is 35.5. The number of benzene rings is 3. The van der Waals surface area contributed by atoms with Crippen molar-refractivity contribution in [1.29, 1.82) is 0 Å². The van der Waals surface area contributed by atoms with E-state index in [9.17, 15) is 40.3 Å². The number of amides is 2. The monoisotopic (exact) mass is 589 g/mol. The van der Waals surface area contributed by atoms with Gasteiger partial charge in [0.25, 0.3) is 11.5 Å². The lowest BCUT2D eigenvalue weighted by Gasteiger charge is -2.30. The molecule has 0 aliphatic carbocycles. The zero-order valence-electron chi connectivity index (χ0n) is 20.4. The Morgan fingerprint density at radius 2 is 1.70 bits per heavy atom. The summed E-state index contributed by atoms with van der Waals surface area (Å²) in [6, 6.07) is 10.6. The van der Waals surface area contributed by atoms with E-state index >= 15 is 0 Å². The Labute approximate surface area is 227 Å². The summed E-state index contributed by atoms with van der Waals surface area (Å²) in [5.41, 5.74) is -3.38. The van der Waals surface area contributed by atoms with Gasteiger partial charge in [0, 0.05) is 23.1 Å². The molecule has 0 bridgehead atoms. The third-order valence-corrected chi connectivity index (χ3v) is 6.51.